The molecule has 0 atom stereocenters. The largest absolute Gasteiger partial charge is 0.401 e. The number of imidazole rings is 1. The number of aromatic nitrogens is 2. The fraction of sp³-hybridized carbons (Fsp3) is 0.267. The molecule has 0 bridgehead atoms. The Morgan fingerprint density at radius 3 is 2.81 bits per heavy atom. The van der Waals surface area contributed by atoms with E-state index in [1.807, 2.05) is 37.3 Å². The number of rotatable bonds is 5. The first-order valence-electron chi connectivity index (χ1n) is 6.56. The lowest BCUT2D eigenvalue weighted by molar-refractivity contribution is -0.112. The molecular weight excluding hydrogens is 284 g/mol. The predicted octanol–water partition coefficient (Wildman–Crippen LogP) is 2.47. The summed E-state index contributed by atoms with van der Waals surface area (Å²) >= 11 is 1.33. The predicted molar refractivity (Wildman–Crippen MR) is 83.6 cm³/mol. The number of hydrogen-bond acceptors (Lipinski definition) is 5. The van der Waals surface area contributed by atoms with Crippen LogP contribution in [-0.4, -0.2) is 21.1 Å². The van der Waals surface area contributed by atoms with Gasteiger partial charge in [0.2, 0.25) is 0 Å². The molecule has 5 nitrogen and oxygen atoms in total. The van der Waals surface area contributed by atoms with E-state index >= 15 is 0 Å². The Morgan fingerprint density at radius 1 is 1.48 bits per heavy atom. The molecule has 6 heteroatoms. The van der Waals surface area contributed by atoms with Crippen molar-refractivity contribution in [3.8, 4) is 6.07 Å². The van der Waals surface area contributed by atoms with Gasteiger partial charge in [-0.2, -0.15) is 5.26 Å². The lowest BCUT2D eigenvalue weighted by Crippen LogP contribution is -2.10. The Balaban J connectivity index is 2.23. The number of benzene rings is 1. The Hall–Kier alpha value is -2.26. The lowest BCUT2D eigenvalue weighted by Gasteiger charge is -2.05. The van der Waals surface area contributed by atoms with Crippen LogP contribution in [0.3, 0.4) is 0 Å². The van der Waals surface area contributed by atoms with Gasteiger partial charge in [-0.15, -0.1) is 0 Å². The zero-order valence-electron chi connectivity index (χ0n) is 12.0. The van der Waals surface area contributed by atoms with Crippen LogP contribution in [-0.2, 0) is 11.3 Å². The number of ketones is 1. The van der Waals surface area contributed by atoms with Crippen molar-refractivity contribution >= 4 is 28.6 Å². The van der Waals surface area contributed by atoms with Crippen molar-refractivity contribution in [3.05, 3.63) is 35.5 Å². The highest BCUT2D eigenvalue weighted by atomic mass is 32.2. The highest BCUT2D eigenvalue weighted by Gasteiger charge is 2.15. The van der Waals surface area contributed by atoms with Gasteiger partial charge in [0.1, 0.15) is 11.6 Å². The van der Waals surface area contributed by atoms with Gasteiger partial charge in [0.15, 0.2) is 10.9 Å². The Labute approximate surface area is 127 Å². The molecule has 0 saturated heterocycles. The SMILES string of the molecule is CCn1c(SCC(=O)/C(C#N)=C(\C)N)nc2ccccc21. The van der Waals surface area contributed by atoms with Crippen molar-refractivity contribution in [2.45, 2.75) is 25.5 Å². The van der Waals surface area contributed by atoms with Gasteiger partial charge in [-0.1, -0.05) is 23.9 Å². The van der Waals surface area contributed by atoms with Crippen molar-refractivity contribution in [1.29, 1.82) is 5.26 Å². The Morgan fingerprint density at radius 2 is 2.19 bits per heavy atom. The smallest absolute Gasteiger partial charge is 0.185 e. The summed E-state index contributed by atoms with van der Waals surface area (Å²) < 4.78 is 2.05. The minimum Gasteiger partial charge on any atom is -0.401 e. The van der Waals surface area contributed by atoms with Crippen LogP contribution in [0.2, 0.25) is 0 Å². The maximum absolute atomic E-state index is 12.0. The number of aryl methyl sites for hydroxylation is 1. The van der Waals surface area contributed by atoms with Crippen molar-refractivity contribution in [2.75, 3.05) is 5.75 Å². The maximum Gasteiger partial charge on any atom is 0.185 e. The van der Waals surface area contributed by atoms with Gasteiger partial charge in [-0.05, 0) is 26.0 Å². The molecule has 1 aromatic carbocycles. The molecule has 1 heterocycles. The number of carbonyl (C=O) groups excluding carboxylic acids is 1. The number of nitrogens with zero attached hydrogens (tertiary/aromatic N) is 3. The number of nitriles is 1. The normalized spacial score (nSPS) is 12.0. The van der Waals surface area contributed by atoms with E-state index in [1.165, 1.54) is 11.8 Å². The fourth-order valence-corrected chi connectivity index (χ4v) is 2.99. The lowest BCUT2D eigenvalue weighted by atomic mass is 10.2. The average molecular weight is 300 g/mol. The van der Waals surface area contributed by atoms with Crippen LogP contribution in [0.1, 0.15) is 13.8 Å². The summed E-state index contributed by atoms with van der Waals surface area (Å²) in [5, 5.41) is 9.72. The van der Waals surface area contributed by atoms with Gasteiger partial charge in [0.05, 0.1) is 16.8 Å². The number of carbonyl (C=O) groups is 1. The third kappa shape index (κ3) is 3.09. The topological polar surface area (TPSA) is 84.7 Å². The molecule has 0 saturated carbocycles. The first kappa shape index (κ1) is 15.1. The molecule has 2 aromatic rings. The average Bonchev–Trinajstić information content (AvgIpc) is 2.82. The summed E-state index contributed by atoms with van der Waals surface area (Å²) in [5.74, 6) is -0.113. The minimum atomic E-state index is -0.266. The van der Waals surface area contributed by atoms with E-state index in [0.29, 0.717) is 0 Å². The molecule has 0 amide bonds. The first-order valence-corrected chi connectivity index (χ1v) is 7.54. The van der Waals surface area contributed by atoms with Crippen LogP contribution in [0, 0.1) is 11.3 Å². The van der Waals surface area contributed by atoms with E-state index in [0.717, 1.165) is 22.7 Å². The van der Waals surface area contributed by atoms with Crippen LogP contribution in [0.5, 0.6) is 0 Å². The van der Waals surface area contributed by atoms with E-state index < -0.39 is 0 Å². The molecule has 0 fully saturated rings. The fourth-order valence-electron chi connectivity index (χ4n) is 2.04. The van der Waals surface area contributed by atoms with Crippen molar-refractivity contribution in [2.24, 2.45) is 5.73 Å². The molecule has 2 rings (SSSR count). The van der Waals surface area contributed by atoms with Crippen LogP contribution >= 0.6 is 11.8 Å². The van der Waals surface area contributed by atoms with E-state index in [4.69, 9.17) is 11.0 Å². The van der Waals surface area contributed by atoms with Gasteiger partial charge >= 0.3 is 0 Å². The minimum absolute atomic E-state index is 0.0293. The second-order valence-electron chi connectivity index (χ2n) is 4.51. The van der Waals surface area contributed by atoms with Crippen LogP contribution in [0.4, 0.5) is 0 Å². The van der Waals surface area contributed by atoms with Gasteiger partial charge in [-0.25, -0.2) is 4.98 Å². The zero-order chi connectivity index (χ0) is 15.4. The molecule has 0 aliphatic carbocycles. The number of Topliss-reactive ketones (excluding diaryl/α,β-unsaturated/α-hetero) is 1. The molecule has 0 spiro atoms. The van der Waals surface area contributed by atoms with Gasteiger partial charge in [-0.3, -0.25) is 4.79 Å². The van der Waals surface area contributed by atoms with Crippen molar-refractivity contribution < 1.29 is 4.79 Å². The highest BCUT2D eigenvalue weighted by Crippen LogP contribution is 2.24. The third-order valence-electron chi connectivity index (χ3n) is 3.05. The van der Waals surface area contributed by atoms with Gasteiger partial charge in [0, 0.05) is 12.2 Å². The Bertz CT molecular complexity index is 751. The van der Waals surface area contributed by atoms with Crippen LogP contribution in [0.15, 0.2) is 40.7 Å². The molecule has 0 unspecified atom stereocenters. The monoisotopic (exact) mass is 300 g/mol. The summed E-state index contributed by atoms with van der Waals surface area (Å²) in [6.45, 7) is 4.36. The van der Waals surface area contributed by atoms with E-state index in [1.54, 1.807) is 6.92 Å². The molecule has 0 aliphatic heterocycles. The summed E-state index contributed by atoms with van der Waals surface area (Å²) in [7, 11) is 0. The first-order chi connectivity index (χ1) is 10.1. The van der Waals surface area contributed by atoms with E-state index in [2.05, 4.69) is 9.55 Å². The molecule has 0 radical (unpaired) electrons. The number of allylic oxidation sites excluding steroid dienone is 2. The van der Waals surface area contributed by atoms with Crippen LogP contribution < -0.4 is 5.73 Å². The molecule has 0 aliphatic rings. The summed E-state index contributed by atoms with van der Waals surface area (Å²) in [4.78, 5) is 16.5. The quantitative estimate of drug-likeness (QED) is 0.521. The van der Waals surface area contributed by atoms with Crippen LogP contribution in [0.25, 0.3) is 11.0 Å². The van der Waals surface area contributed by atoms with Gasteiger partial charge in [0.25, 0.3) is 0 Å². The molecule has 2 N–H and O–H groups in total. The number of fused-ring (bicyclic) bond motifs is 1. The Kier molecular flexibility index (Phi) is 4.66. The van der Waals surface area contributed by atoms with Gasteiger partial charge < -0.3 is 10.3 Å². The van der Waals surface area contributed by atoms with Crippen molar-refractivity contribution in [3.63, 3.8) is 0 Å². The molecule has 21 heavy (non-hydrogen) atoms. The molecular formula is C15H16N4OS. The summed E-state index contributed by atoms with van der Waals surface area (Å²) in [6.07, 6.45) is 0. The molecule has 108 valence electrons. The number of nitrogens with two attached hydrogens (primary N) is 1. The number of para-hydroxylation sites is 2. The standard InChI is InChI=1S/C15H16N4OS/c1-3-19-13-7-5-4-6-12(13)18-15(19)21-9-14(20)11(8-16)10(2)17/h4-7H,3,9,17H2,1-2H3/b11-10+. The van der Waals surface area contributed by atoms with E-state index in [9.17, 15) is 4.79 Å². The highest BCUT2D eigenvalue weighted by molar-refractivity contribution is 7.99. The second kappa shape index (κ2) is 6.46. The van der Waals surface area contributed by atoms with Crippen molar-refractivity contribution in [1.82, 2.24) is 9.55 Å². The number of thioether (sulfide) groups is 1. The maximum atomic E-state index is 12.0. The summed E-state index contributed by atoms with van der Waals surface area (Å²) in [6, 6.07) is 9.70. The summed E-state index contributed by atoms with van der Waals surface area (Å²) in [5.41, 5.74) is 7.77. The van der Waals surface area contributed by atoms with E-state index in [-0.39, 0.29) is 22.8 Å². The molecule has 1 aromatic heterocycles. The third-order valence-corrected chi connectivity index (χ3v) is 4.03. The number of hydrogen-bond donors (Lipinski definition) is 1. The zero-order valence-corrected chi connectivity index (χ0v) is 12.8. The second-order valence-corrected chi connectivity index (χ2v) is 5.45.